The van der Waals surface area contributed by atoms with Gasteiger partial charge in [-0.1, -0.05) is 12.1 Å². The fraction of sp³-hybridized carbons (Fsp3) is 0.316. The maximum Gasteiger partial charge on any atom is 0.271 e. The number of non-ortho nitro benzene ring substituents is 1. The molecule has 0 radical (unpaired) electrons. The second-order valence-corrected chi connectivity index (χ2v) is 6.34. The van der Waals surface area contributed by atoms with E-state index in [0.29, 0.717) is 37.4 Å². The van der Waals surface area contributed by atoms with Gasteiger partial charge in [0.25, 0.3) is 5.69 Å². The summed E-state index contributed by atoms with van der Waals surface area (Å²) >= 11 is 0. The highest BCUT2D eigenvalue weighted by atomic mass is 19.1. The maximum atomic E-state index is 13.9. The summed E-state index contributed by atoms with van der Waals surface area (Å²) in [6, 6.07) is 10.6. The predicted octanol–water partition coefficient (Wildman–Crippen LogP) is 3.60. The lowest BCUT2D eigenvalue weighted by Crippen LogP contribution is -2.38. The molecule has 0 aliphatic carbocycles. The van der Waals surface area contributed by atoms with Crippen molar-refractivity contribution in [2.24, 2.45) is 5.92 Å². The normalized spacial score (nSPS) is 14.7. The molecular formula is C19H20FN3O4. The standard InChI is InChI=1S/C19H20FN3O4/c1-27-18-7-6-14(23(25)26)12-16(18)21-19(24)13-8-10-22(11-9-13)17-5-3-2-4-15(17)20/h2-7,12-13H,8-11H2,1H3,(H,21,24). The van der Waals surface area contributed by atoms with Crippen molar-refractivity contribution in [2.75, 3.05) is 30.4 Å². The van der Waals surface area contributed by atoms with E-state index in [1.165, 1.54) is 31.4 Å². The summed E-state index contributed by atoms with van der Waals surface area (Å²) < 4.78 is 19.1. The first kappa shape index (κ1) is 18.6. The minimum Gasteiger partial charge on any atom is -0.495 e. The molecule has 7 nitrogen and oxygen atoms in total. The molecule has 8 heteroatoms. The van der Waals surface area contributed by atoms with Crippen LogP contribution in [0, 0.1) is 21.8 Å². The Bertz CT molecular complexity index is 851. The Morgan fingerprint density at radius 2 is 1.96 bits per heavy atom. The van der Waals surface area contributed by atoms with E-state index in [2.05, 4.69) is 5.32 Å². The number of hydrogen-bond acceptors (Lipinski definition) is 5. The molecule has 0 bridgehead atoms. The van der Waals surface area contributed by atoms with Gasteiger partial charge in [0.05, 0.1) is 23.4 Å². The molecule has 1 saturated heterocycles. The number of amides is 1. The van der Waals surface area contributed by atoms with Gasteiger partial charge in [-0.3, -0.25) is 14.9 Å². The summed E-state index contributed by atoms with van der Waals surface area (Å²) in [5, 5.41) is 13.7. The lowest BCUT2D eigenvalue weighted by atomic mass is 9.95. The first-order valence-corrected chi connectivity index (χ1v) is 8.62. The van der Waals surface area contributed by atoms with Gasteiger partial charge in [0, 0.05) is 31.1 Å². The molecule has 0 atom stereocenters. The molecule has 1 aliphatic rings. The first-order valence-electron chi connectivity index (χ1n) is 8.62. The molecule has 3 rings (SSSR count). The van der Waals surface area contributed by atoms with Gasteiger partial charge < -0.3 is 15.0 Å². The number of rotatable bonds is 5. The Morgan fingerprint density at radius 1 is 1.26 bits per heavy atom. The number of halogens is 1. The number of nitrogens with one attached hydrogen (secondary N) is 1. The van der Waals surface area contributed by atoms with E-state index < -0.39 is 4.92 Å². The number of piperidine rings is 1. The quantitative estimate of drug-likeness (QED) is 0.639. The van der Waals surface area contributed by atoms with E-state index in [9.17, 15) is 19.3 Å². The van der Waals surface area contributed by atoms with Crippen molar-refractivity contribution in [1.29, 1.82) is 0 Å². The number of methoxy groups -OCH3 is 1. The van der Waals surface area contributed by atoms with Crippen molar-refractivity contribution in [2.45, 2.75) is 12.8 Å². The number of hydrogen-bond donors (Lipinski definition) is 1. The molecule has 27 heavy (non-hydrogen) atoms. The van der Waals surface area contributed by atoms with Gasteiger partial charge in [0.15, 0.2) is 0 Å². The molecular weight excluding hydrogens is 353 g/mol. The van der Waals surface area contributed by atoms with Gasteiger partial charge in [0.2, 0.25) is 5.91 Å². The number of ether oxygens (including phenoxy) is 1. The number of anilines is 2. The molecule has 0 unspecified atom stereocenters. The molecule has 1 aliphatic heterocycles. The Balaban J connectivity index is 1.66. The minimum absolute atomic E-state index is 0.125. The van der Waals surface area contributed by atoms with Crippen molar-refractivity contribution < 1.29 is 18.8 Å². The highest BCUT2D eigenvalue weighted by molar-refractivity contribution is 5.94. The molecule has 1 heterocycles. The van der Waals surface area contributed by atoms with Crippen LogP contribution in [-0.2, 0) is 4.79 Å². The number of carbonyl (C=O) groups excluding carboxylic acids is 1. The zero-order valence-corrected chi connectivity index (χ0v) is 14.9. The van der Waals surface area contributed by atoms with Crippen molar-refractivity contribution >= 4 is 23.0 Å². The third-order valence-electron chi connectivity index (χ3n) is 4.71. The lowest BCUT2D eigenvalue weighted by molar-refractivity contribution is -0.384. The zero-order chi connectivity index (χ0) is 19.4. The fourth-order valence-corrected chi connectivity index (χ4v) is 3.23. The second kappa shape index (κ2) is 8.03. The Labute approximate surface area is 155 Å². The monoisotopic (exact) mass is 373 g/mol. The van der Waals surface area contributed by atoms with Crippen LogP contribution < -0.4 is 15.0 Å². The van der Waals surface area contributed by atoms with E-state index in [0.717, 1.165) is 0 Å². The molecule has 1 amide bonds. The van der Waals surface area contributed by atoms with Crippen LogP contribution in [0.2, 0.25) is 0 Å². The van der Waals surface area contributed by atoms with Crippen LogP contribution >= 0.6 is 0 Å². The number of nitrogens with zero attached hydrogens (tertiary/aromatic N) is 2. The molecule has 0 saturated carbocycles. The highest BCUT2D eigenvalue weighted by Gasteiger charge is 2.27. The molecule has 1 fully saturated rings. The molecule has 142 valence electrons. The number of nitro groups is 1. The van der Waals surface area contributed by atoms with Crippen LogP contribution in [0.1, 0.15) is 12.8 Å². The van der Waals surface area contributed by atoms with Crippen molar-refractivity contribution in [3.63, 3.8) is 0 Å². The van der Waals surface area contributed by atoms with Gasteiger partial charge in [-0.2, -0.15) is 0 Å². The molecule has 2 aromatic carbocycles. The number of benzene rings is 2. The lowest BCUT2D eigenvalue weighted by Gasteiger charge is -2.33. The van der Waals surface area contributed by atoms with Gasteiger partial charge in [-0.15, -0.1) is 0 Å². The third kappa shape index (κ3) is 4.16. The van der Waals surface area contributed by atoms with Gasteiger partial charge >= 0.3 is 0 Å². The van der Waals surface area contributed by atoms with Crippen LogP contribution in [0.3, 0.4) is 0 Å². The number of nitro benzene ring substituents is 1. The Kier molecular flexibility index (Phi) is 5.54. The van der Waals surface area contributed by atoms with E-state index in [4.69, 9.17) is 4.74 Å². The van der Waals surface area contributed by atoms with Crippen LogP contribution in [0.4, 0.5) is 21.5 Å². The SMILES string of the molecule is COc1ccc([N+](=O)[O-])cc1NC(=O)C1CCN(c2ccccc2F)CC1. The van der Waals surface area contributed by atoms with Gasteiger partial charge in [-0.05, 0) is 31.0 Å². The van der Waals surface area contributed by atoms with Crippen molar-refractivity contribution in [1.82, 2.24) is 0 Å². The largest absolute Gasteiger partial charge is 0.495 e. The topological polar surface area (TPSA) is 84.7 Å². The molecule has 0 spiro atoms. The smallest absolute Gasteiger partial charge is 0.271 e. The summed E-state index contributed by atoms with van der Waals surface area (Å²) in [5.74, 6) is -0.390. The average Bonchev–Trinajstić information content (AvgIpc) is 2.68. The highest BCUT2D eigenvalue weighted by Crippen LogP contribution is 2.31. The Hall–Kier alpha value is -3.16. The third-order valence-corrected chi connectivity index (χ3v) is 4.71. The van der Waals surface area contributed by atoms with Crippen LogP contribution in [-0.4, -0.2) is 31.0 Å². The summed E-state index contributed by atoms with van der Waals surface area (Å²) in [4.78, 5) is 25.0. The van der Waals surface area contributed by atoms with Crippen LogP contribution in [0.25, 0.3) is 0 Å². The summed E-state index contributed by atoms with van der Waals surface area (Å²) in [7, 11) is 1.43. The Morgan fingerprint density at radius 3 is 2.59 bits per heavy atom. The van der Waals surface area contributed by atoms with Gasteiger partial charge in [0.1, 0.15) is 11.6 Å². The molecule has 1 N–H and O–H groups in total. The first-order chi connectivity index (χ1) is 13.0. The average molecular weight is 373 g/mol. The summed E-state index contributed by atoms with van der Waals surface area (Å²) in [6.07, 6.45) is 1.13. The van der Waals surface area contributed by atoms with Crippen molar-refractivity contribution in [3.05, 3.63) is 58.4 Å². The van der Waals surface area contributed by atoms with E-state index in [-0.39, 0.29) is 29.0 Å². The number of para-hydroxylation sites is 1. The predicted molar refractivity (Wildman–Crippen MR) is 99.6 cm³/mol. The van der Waals surface area contributed by atoms with Crippen LogP contribution in [0.5, 0.6) is 5.75 Å². The second-order valence-electron chi connectivity index (χ2n) is 6.34. The summed E-state index contributed by atoms with van der Waals surface area (Å²) in [6.45, 7) is 1.12. The number of carbonyl (C=O) groups is 1. The molecule has 0 aromatic heterocycles. The fourth-order valence-electron chi connectivity index (χ4n) is 3.23. The van der Waals surface area contributed by atoms with Crippen LogP contribution in [0.15, 0.2) is 42.5 Å². The van der Waals surface area contributed by atoms with Crippen molar-refractivity contribution in [3.8, 4) is 5.75 Å². The van der Waals surface area contributed by atoms with E-state index >= 15 is 0 Å². The minimum atomic E-state index is -0.526. The van der Waals surface area contributed by atoms with E-state index in [1.807, 2.05) is 4.90 Å². The molecule has 2 aromatic rings. The summed E-state index contributed by atoms with van der Waals surface area (Å²) in [5.41, 5.74) is 0.686. The maximum absolute atomic E-state index is 13.9. The van der Waals surface area contributed by atoms with E-state index in [1.54, 1.807) is 18.2 Å². The zero-order valence-electron chi connectivity index (χ0n) is 14.9. The van der Waals surface area contributed by atoms with Gasteiger partial charge in [-0.25, -0.2) is 4.39 Å².